The highest BCUT2D eigenvalue weighted by molar-refractivity contribution is 5.70. The SMILES string of the molecule is CCCCCCCC=CCN(OC(=O)CC)OC(=O)CC. The maximum atomic E-state index is 11.2. The molecule has 0 aliphatic rings. The fraction of sp³-hybridized carbons (Fsp3) is 0.750. The van der Waals surface area contributed by atoms with E-state index in [9.17, 15) is 9.59 Å². The monoisotopic (exact) mass is 299 g/mol. The molecule has 0 N–H and O–H groups in total. The van der Waals surface area contributed by atoms with Crippen molar-refractivity contribution in [3.8, 4) is 0 Å². The summed E-state index contributed by atoms with van der Waals surface area (Å²) in [6.45, 7) is 5.83. The van der Waals surface area contributed by atoms with E-state index in [0.717, 1.165) is 18.1 Å². The molecule has 0 aliphatic heterocycles. The van der Waals surface area contributed by atoms with Crippen LogP contribution in [0.3, 0.4) is 0 Å². The van der Waals surface area contributed by atoms with E-state index in [1.165, 1.54) is 25.7 Å². The predicted octanol–water partition coefficient (Wildman–Crippen LogP) is 3.94. The fourth-order valence-electron chi connectivity index (χ4n) is 1.59. The minimum absolute atomic E-state index is 0.237. The highest BCUT2D eigenvalue weighted by Gasteiger charge is 2.13. The lowest BCUT2D eigenvalue weighted by molar-refractivity contribution is -0.319. The lowest BCUT2D eigenvalue weighted by Gasteiger charge is -2.17. The summed E-state index contributed by atoms with van der Waals surface area (Å²) in [6.07, 6.45) is 11.5. The zero-order valence-electron chi connectivity index (χ0n) is 13.6. The molecular formula is C16H29NO4. The zero-order valence-corrected chi connectivity index (χ0v) is 13.6. The van der Waals surface area contributed by atoms with E-state index in [4.69, 9.17) is 9.68 Å². The van der Waals surface area contributed by atoms with Gasteiger partial charge in [-0.3, -0.25) is 9.59 Å². The lowest BCUT2D eigenvalue weighted by Crippen LogP contribution is -2.30. The molecule has 5 nitrogen and oxygen atoms in total. The van der Waals surface area contributed by atoms with Gasteiger partial charge in [0.15, 0.2) is 0 Å². The van der Waals surface area contributed by atoms with Gasteiger partial charge in [0.25, 0.3) is 0 Å². The Hall–Kier alpha value is -1.36. The predicted molar refractivity (Wildman–Crippen MR) is 82.0 cm³/mol. The summed E-state index contributed by atoms with van der Waals surface area (Å²) in [5.41, 5.74) is 0. The molecule has 21 heavy (non-hydrogen) atoms. The van der Waals surface area contributed by atoms with Crippen molar-refractivity contribution in [1.29, 1.82) is 0 Å². The Labute approximate surface area is 128 Å². The number of hydrogen-bond donors (Lipinski definition) is 0. The molecule has 122 valence electrons. The molecule has 0 unspecified atom stereocenters. The van der Waals surface area contributed by atoms with Gasteiger partial charge < -0.3 is 9.68 Å². The highest BCUT2D eigenvalue weighted by atomic mass is 17.0. The van der Waals surface area contributed by atoms with E-state index in [1.807, 2.05) is 12.2 Å². The van der Waals surface area contributed by atoms with Crippen molar-refractivity contribution in [3.05, 3.63) is 12.2 Å². The van der Waals surface area contributed by atoms with Crippen molar-refractivity contribution in [2.24, 2.45) is 0 Å². The number of carbonyl (C=O) groups excluding carboxylic acids is 2. The summed E-state index contributed by atoms with van der Waals surface area (Å²) >= 11 is 0. The molecule has 0 aromatic heterocycles. The number of hydroxylamine groups is 2. The molecule has 0 rings (SSSR count). The Bertz CT molecular complexity index is 297. The van der Waals surface area contributed by atoms with Gasteiger partial charge in [0.2, 0.25) is 0 Å². The van der Waals surface area contributed by atoms with E-state index < -0.39 is 11.9 Å². The van der Waals surface area contributed by atoms with Gasteiger partial charge in [0.05, 0.1) is 6.54 Å². The Morgan fingerprint density at radius 1 is 0.857 bits per heavy atom. The first-order chi connectivity index (χ1) is 10.1. The molecule has 0 saturated heterocycles. The van der Waals surface area contributed by atoms with Gasteiger partial charge in [-0.1, -0.05) is 58.6 Å². The van der Waals surface area contributed by atoms with E-state index in [-0.39, 0.29) is 19.4 Å². The third kappa shape index (κ3) is 12.1. The first-order valence-electron chi connectivity index (χ1n) is 7.98. The highest BCUT2D eigenvalue weighted by Crippen LogP contribution is 2.06. The second-order valence-corrected chi connectivity index (χ2v) is 4.82. The van der Waals surface area contributed by atoms with Gasteiger partial charge >= 0.3 is 11.9 Å². The van der Waals surface area contributed by atoms with Gasteiger partial charge in [0, 0.05) is 18.1 Å². The standard InChI is InChI=1S/C16H29NO4/c1-4-7-8-9-10-11-12-13-14-17(20-15(18)5-2)21-16(19)6-3/h12-13H,4-11,14H2,1-3H3. The van der Waals surface area contributed by atoms with Crippen molar-refractivity contribution >= 4 is 11.9 Å². The zero-order chi connectivity index (χ0) is 15.9. The molecule has 0 radical (unpaired) electrons. The van der Waals surface area contributed by atoms with Gasteiger partial charge in [0.1, 0.15) is 0 Å². The third-order valence-electron chi connectivity index (χ3n) is 2.88. The molecule has 0 amide bonds. The number of carbonyl (C=O) groups is 2. The topological polar surface area (TPSA) is 55.8 Å². The summed E-state index contributed by atoms with van der Waals surface area (Å²) < 4.78 is 0. The van der Waals surface area contributed by atoms with Gasteiger partial charge in [-0.05, 0) is 12.8 Å². The maximum absolute atomic E-state index is 11.2. The maximum Gasteiger partial charge on any atom is 0.328 e. The minimum atomic E-state index is -0.424. The van der Waals surface area contributed by atoms with Crippen LogP contribution in [-0.2, 0) is 19.3 Å². The molecule has 0 atom stereocenters. The first kappa shape index (κ1) is 19.6. The van der Waals surface area contributed by atoms with Crippen LogP contribution >= 0.6 is 0 Å². The summed E-state index contributed by atoms with van der Waals surface area (Å²) in [4.78, 5) is 32.4. The van der Waals surface area contributed by atoms with E-state index >= 15 is 0 Å². The van der Waals surface area contributed by atoms with Crippen LogP contribution < -0.4 is 0 Å². The van der Waals surface area contributed by atoms with Crippen LogP contribution in [0.15, 0.2) is 12.2 Å². The minimum Gasteiger partial charge on any atom is -0.333 e. The van der Waals surface area contributed by atoms with Crippen LogP contribution in [-0.4, -0.2) is 23.7 Å². The number of nitrogens with zero attached hydrogens (tertiary/aromatic N) is 1. The van der Waals surface area contributed by atoms with Crippen molar-refractivity contribution in [2.45, 2.75) is 72.1 Å². The molecule has 0 aromatic rings. The summed E-state index contributed by atoms with van der Waals surface area (Å²) in [5.74, 6) is -0.848. The lowest BCUT2D eigenvalue weighted by atomic mass is 10.1. The van der Waals surface area contributed by atoms with E-state index in [2.05, 4.69) is 6.92 Å². The summed E-state index contributed by atoms with van der Waals surface area (Å²) in [5, 5.41) is 0.950. The molecule has 0 saturated carbocycles. The van der Waals surface area contributed by atoms with Crippen molar-refractivity contribution in [2.75, 3.05) is 6.54 Å². The normalized spacial score (nSPS) is 11.0. The molecule has 0 bridgehead atoms. The van der Waals surface area contributed by atoms with Crippen molar-refractivity contribution < 1.29 is 19.3 Å². The summed E-state index contributed by atoms with van der Waals surface area (Å²) in [6, 6.07) is 0. The number of rotatable bonds is 12. The Morgan fingerprint density at radius 2 is 1.43 bits per heavy atom. The van der Waals surface area contributed by atoms with E-state index in [0.29, 0.717) is 0 Å². The van der Waals surface area contributed by atoms with Crippen LogP contribution in [0.5, 0.6) is 0 Å². The molecule has 0 heterocycles. The van der Waals surface area contributed by atoms with Crippen molar-refractivity contribution in [3.63, 3.8) is 0 Å². The fourth-order valence-corrected chi connectivity index (χ4v) is 1.59. The smallest absolute Gasteiger partial charge is 0.328 e. The Balaban J connectivity index is 3.98. The van der Waals surface area contributed by atoms with Crippen molar-refractivity contribution in [1.82, 2.24) is 5.23 Å². The van der Waals surface area contributed by atoms with Crippen LogP contribution in [0.4, 0.5) is 0 Å². The van der Waals surface area contributed by atoms with Gasteiger partial charge in [-0.15, -0.1) is 0 Å². The Kier molecular flexibility index (Phi) is 12.7. The molecule has 0 fully saturated rings. The van der Waals surface area contributed by atoms with E-state index in [1.54, 1.807) is 13.8 Å². The van der Waals surface area contributed by atoms with Crippen LogP contribution in [0.25, 0.3) is 0 Å². The number of unbranched alkanes of at least 4 members (excludes halogenated alkanes) is 5. The Morgan fingerprint density at radius 3 is 1.95 bits per heavy atom. The molecular weight excluding hydrogens is 270 g/mol. The largest absolute Gasteiger partial charge is 0.333 e. The molecule has 0 spiro atoms. The first-order valence-corrected chi connectivity index (χ1v) is 7.98. The van der Waals surface area contributed by atoms with Gasteiger partial charge in [-0.2, -0.15) is 0 Å². The number of allylic oxidation sites excluding steroid dienone is 1. The van der Waals surface area contributed by atoms with Crippen LogP contribution in [0.2, 0.25) is 0 Å². The second-order valence-electron chi connectivity index (χ2n) is 4.82. The summed E-state index contributed by atoms with van der Waals surface area (Å²) in [7, 11) is 0. The molecule has 0 aromatic carbocycles. The van der Waals surface area contributed by atoms with Crippen LogP contribution in [0, 0.1) is 0 Å². The van der Waals surface area contributed by atoms with Gasteiger partial charge in [-0.25, -0.2) is 0 Å². The number of hydrogen-bond acceptors (Lipinski definition) is 5. The molecule has 5 heteroatoms. The average molecular weight is 299 g/mol. The van der Waals surface area contributed by atoms with Crippen LogP contribution in [0.1, 0.15) is 72.1 Å². The molecule has 0 aliphatic carbocycles. The quantitative estimate of drug-likeness (QED) is 0.310. The average Bonchev–Trinajstić information content (AvgIpc) is 2.49. The second kappa shape index (κ2) is 13.6. The third-order valence-corrected chi connectivity index (χ3v) is 2.88.